The fraction of sp³-hybridized carbons (Fsp3) is 0.333. The minimum Gasteiger partial charge on any atom is -0.483 e. The van der Waals surface area contributed by atoms with Crippen molar-refractivity contribution in [2.75, 3.05) is 11.9 Å². The van der Waals surface area contributed by atoms with Gasteiger partial charge in [-0.25, -0.2) is 0 Å². The van der Waals surface area contributed by atoms with E-state index in [-0.39, 0.29) is 23.8 Å². The molecule has 1 heterocycles. The highest BCUT2D eigenvalue weighted by Gasteiger charge is 2.42. The summed E-state index contributed by atoms with van der Waals surface area (Å²) in [4.78, 5) is 23.6. The van der Waals surface area contributed by atoms with Crippen molar-refractivity contribution in [3.63, 3.8) is 0 Å². The van der Waals surface area contributed by atoms with Gasteiger partial charge in [-0.1, -0.05) is 18.6 Å². The second kappa shape index (κ2) is 7.42. The molecular formula is C21H22N2O5. The molecule has 0 unspecified atom stereocenters. The Hall–Kier alpha value is -3.22. The fourth-order valence-corrected chi connectivity index (χ4v) is 3.60. The Kier molecular flexibility index (Phi) is 4.81. The summed E-state index contributed by atoms with van der Waals surface area (Å²) in [7, 11) is 0. The molecule has 1 spiro atoms. The van der Waals surface area contributed by atoms with E-state index in [0.717, 1.165) is 25.7 Å². The molecule has 3 N–H and O–H groups in total. The van der Waals surface area contributed by atoms with Gasteiger partial charge in [-0.15, -0.1) is 0 Å². The minimum absolute atomic E-state index is 0.233. The summed E-state index contributed by atoms with van der Waals surface area (Å²) < 4.78 is 17.6. The van der Waals surface area contributed by atoms with Gasteiger partial charge in [-0.2, -0.15) is 0 Å². The lowest BCUT2D eigenvalue weighted by Crippen LogP contribution is -2.40. The van der Waals surface area contributed by atoms with Crippen LogP contribution >= 0.6 is 0 Å². The number of para-hydroxylation sites is 1. The molecule has 146 valence electrons. The van der Waals surface area contributed by atoms with Crippen LogP contribution in [0.4, 0.5) is 5.69 Å². The molecule has 2 amide bonds. The number of ether oxygens (including phenoxy) is 3. The van der Waals surface area contributed by atoms with E-state index in [9.17, 15) is 9.59 Å². The zero-order valence-electron chi connectivity index (χ0n) is 15.4. The second-order valence-electron chi connectivity index (χ2n) is 7.03. The third-order valence-electron chi connectivity index (χ3n) is 4.95. The van der Waals surface area contributed by atoms with Crippen LogP contribution in [0.15, 0.2) is 42.5 Å². The number of rotatable bonds is 5. The number of nitrogens with one attached hydrogen (secondary N) is 1. The van der Waals surface area contributed by atoms with E-state index in [1.54, 1.807) is 42.5 Å². The molecule has 4 rings (SSSR count). The monoisotopic (exact) mass is 382 g/mol. The molecule has 1 fully saturated rings. The highest BCUT2D eigenvalue weighted by Crippen LogP contribution is 2.46. The quantitative estimate of drug-likeness (QED) is 0.827. The van der Waals surface area contributed by atoms with Crippen LogP contribution in [0, 0.1) is 0 Å². The standard InChI is InChI=1S/C21H22N2O5/c22-20(25)15-6-2-3-7-16(15)26-13-19(24)23-14-8-9-17-18(12-14)28-21(27-17)10-4-1-5-11-21/h2-3,6-9,12H,1,4-5,10-11,13H2,(H2,22,25)(H,23,24). The fourth-order valence-electron chi connectivity index (χ4n) is 3.60. The van der Waals surface area contributed by atoms with Gasteiger partial charge in [0.2, 0.25) is 0 Å². The molecule has 0 atom stereocenters. The largest absolute Gasteiger partial charge is 0.483 e. The number of carbonyl (C=O) groups excluding carboxylic acids is 2. The topological polar surface area (TPSA) is 99.9 Å². The molecule has 28 heavy (non-hydrogen) atoms. The maximum Gasteiger partial charge on any atom is 0.262 e. The van der Waals surface area contributed by atoms with E-state index >= 15 is 0 Å². The Bertz CT molecular complexity index is 905. The van der Waals surface area contributed by atoms with E-state index in [2.05, 4.69) is 5.32 Å². The molecular weight excluding hydrogens is 360 g/mol. The molecule has 0 saturated heterocycles. The van der Waals surface area contributed by atoms with Crippen LogP contribution in [0.25, 0.3) is 0 Å². The van der Waals surface area contributed by atoms with Crippen molar-refractivity contribution in [3.8, 4) is 17.2 Å². The number of benzene rings is 2. The number of hydrogen-bond donors (Lipinski definition) is 2. The summed E-state index contributed by atoms with van der Waals surface area (Å²) in [6.07, 6.45) is 5.11. The maximum atomic E-state index is 12.2. The number of primary amides is 1. The highest BCUT2D eigenvalue weighted by atomic mass is 16.7. The number of nitrogens with two attached hydrogens (primary N) is 1. The molecule has 0 bridgehead atoms. The number of carbonyl (C=O) groups is 2. The minimum atomic E-state index is -0.608. The van der Waals surface area contributed by atoms with Gasteiger partial charge in [0.25, 0.3) is 17.6 Å². The Morgan fingerprint density at radius 2 is 1.79 bits per heavy atom. The summed E-state index contributed by atoms with van der Waals surface area (Å²) >= 11 is 0. The number of amides is 2. The van der Waals surface area contributed by atoms with Gasteiger partial charge in [0.15, 0.2) is 18.1 Å². The van der Waals surface area contributed by atoms with Crippen molar-refractivity contribution in [2.45, 2.75) is 37.9 Å². The first kappa shape index (κ1) is 18.2. The van der Waals surface area contributed by atoms with Gasteiger partial charge in [-0.3, -0.25) is 9.59 Å². The number of anilines is 1. The lowest BCUT2D eigenvalue weighted by atomic mass is 9.94. The maximum absolute atomic E-state index is 12.2. The Morgan fingerprint density at radius 1 is 1.04 bits per heavy atom. The second-order valence-corrected chi connectivity index (χ2v) is 7.03. The van der Waals surface area contributed by atoms with Gasteiger partial charge in [0.05, 0.1) is 5.56 Å². The first-order valence-electron chi connectivity index (χ1n) is 9.38. The van der Waals surface area contributed by atoms with Crippen LogP contribution in [0.3, 0.4) is 0 Å². The van der Waals surface area contributed by atoms with Crippen molar-refractivity contribution in [1.82, 2.24) is 0 Å². The summed E-state index contributed by atoms with van der Waals surface area (Å²) in [5.41, 5.74) is 6.13. The van der Waals surface area contributed by atoms with E-state index < -0.39 is 11.7 Å². The van der Waals surface area contributed by atoms with Crippen LogP contribution in [0.5, 0.6) is 17.2 Å². The lowest BCUT2D eigenvalue weighted by molar-refractivity contribution is -0.118. The number of hydrogen-bond acceptors (Lipinski definition) is 5. The van der Waals surface area contributed by atoms with Crippen LogP contribution < -0.4 is 25.3 Å². The summed E-state index contributed by atoms with van der Waals surface area (Å²) in [5.74, 6) is 0.0976. The van der Waals surface area contributed by atoms with Crippen LogP contribution in [-0.2, 0) is 4.79 Å². The van der Waals surface area contributed by atoms with Crippen LogP contribution in [0.1, 0.15) is 42.5 Å². The zero-order valence-corrected chi connectivity index (χ0v) is 15.4. The van der Waals surface area contributed by atoms with Crippen molar-refractivity contribution in [2.24, 2.45) is 5.73 Å². The van der Waals surface area contributed by atoms with E-state index in [4.69, 9.17) is 19.9 Å². The molecule has 1 aliphatic heterocycles. The van der Waals surface area contributed by atoms with E-state index in [1.807, 2.05) is 0 Å². The van der Waals surface area contributed by atoms with Gasteiger partial charge in [0.1, 0.15) is 5.75 Å². The average Bonchev–Trinajstić information content (AvgIpc) is 3.03. The Labute approximate surface area is 162 Å². The highest BCUT2D eigenvalue weighted by molar-refractivity contribution is 5.96. The molecule has 7 heteroatoms. The zero-order chi connectivity index (χ0) is 19.6. The van der Waals surface area contributed by atoms with E-state index in [0.29, 0.717) is 17.2 Å². The Balaban J connectivity index is 1.38. The van der Waals surface area contributed by atoms with Gasteiger partial charge < -0.3 is 25.3 Å². The van der Waals surface area contributed by atoms with Crippen molar-refractivity contribution < 1.29 is 23.8 Å². The molecule has 2 aliphatic rings. The first-order chi connectivity index (χ1) is 13.5. The molecule has 2 aromatic carbocycles. The third kappa shape index (κ3) is 3.74. The first-order valence-corrected chi connectivity index (χ1v) is 9.38. The SMILES string of the molecule is NC(=O)c1ccccc1OCC(=O)Nc1ccc2c(c1)OC1(CCCCC1)O2. The summed E-state index contributed by atoms with van der Waals surface area (Å²) in [6.45, 7) is -0.247. The predicted molar refractivity (Wildman–Crippen MR) is 103 cm³/mol. The lowest BCUT2D eigenvalue weighted by Gasteiger charge is -2.31. The van der Waals surface area contributed by atoms with E-state index in [1.165, 1.54) is 6.42 Å². The van der Waals surface area contributed by atoms with Crippen molar-refractivity contribution in [3.05, 3.63) is 48.0 Å². The van der Waals surface area contributed by atoms with Gasteiger partial charge in [-0.05, 0) is 37.1 Å². The van der Waals surface area contributed by atoms with Crippen LogP contribution in [0.2, 0.25) is 0 Å². The summed E-state index contributed by atoms with van der Waals surface area (Å²) in [6, 6.07) is 11.9. The molecule has 1 saturated carbocycles. The average molecular weight is 382 g/mol. The van der Waals surface area contributed by atoms with Gasteiger partial charge >= 0.3 is 0 Å². The van der Waals surface area contributed by atoms with Crippen molar-refractivity contribution >= 4 is 17.5 Å². The smallest absolute Gasteiger partial charge is 0.262 e. The summed E-state index contributed by atoms with van der Waals surface area (Å²) in [5, 5.41) is 2.77. The number of fused-ring (bicyclic) bond motifs is 1. The molecule has 1 aliphatic carbocycles. The Morgan fingerprint density at radius 3 is 2.57 bits per heavy atom. The van der Waals surface area contributed by atoms with Gasteiger partial charge in [0, 0.05) is 24.6 Å². The molecule has 2 aromatic rings. The third-order valence-corrected chi connectivity index (χ3v) is 4.95. The molecule has 0 radical (unpaired) electrons. The normalized spacial score (nSPS) is 16.6. The van der Waals surface area contributed by atoms with Crippen LogP contribution in [-0.4, -0.2) is 24.2 Å². The molecule has 0 aromatic heterocycles. The molecule has 7 nitrogen and oxygen atoms in total. The van der Waals surface area contributed by atoms with Crippen molar-refractivity contribution in [1.29, 1.82) is 0 Å². The predicted octanol–water partition coefficient (Wildman–Crippen LogP) is 3.23.